The number of nitrogens with one attached hydrogen (secondary N) is 2. The fourth-order valence-corrected chi connectivity index (χ4v) is 5.45. The topological polar surface area (TPSA) is 151 Å². The highest BCUT2D eigenvalue weighted by molar-refractivity contribution is 5.98. The lowest BCUT2D eigenvalue weighted by Gasteiger charge is -2.35. The largest absolute Gasteiger partial charge is 0.480 e. The molecule has 1 unspecified atom stereocenters. The standard InChI is InChI=1S/C29H41F3N4O6/c1-3-5-7-22(34-23(15-42-4-2)27(38)16-9-10-16)28(39)35-25(37)14-21(33)26(36-11-6-8-24(36)29(40)41)17-12-19(31)20(32)13-18(17)30/h12-13,16,21-24,26,34H,3-11,14-15,33H2,1-2H3,(H,40,41)(H,35,37,39)/t21-,22+,23?,24+,26+/m1/s1. The van der Waals surface area contributed by atoms with Gasteiger partial charge < -0.3 is 15.6 Å². The molecule has 5 N–H and O–H groups in total. The number of carbonyl (C=O) groups excluding carboxylic acids is 3. The Morgan fingerprint density at radius 1 is 1.07 bits per heavy atom. The first-order chi connectivity index (χ1) is 20.0. The Morgan fingerprint density at radius 3 is 2.38 bits per heavy atom. The second kappa shape index (κ2) is 15.6. The van der Waals surface area contributed by atoms with E-state index in [0.29, 0.717) is 38.0 Å². The van der Waals surface area contributed by atoms with Crippen LogP contribution in [0, 0.1) is 23.4 Å². The molecule has 2 amide bonds. The Labute approximate surface area is 243 Å². The number of likely N-dealkylation sites (tertiary alicyclic amines) is 1. The zero-order chi connectivity index (χ0) is 31.0. The molecule has 2 fully saturated rings. The maximum absolute atomic E-state index is 14.9. The fourth-order valence-electron chi connectivity index (χ4n) is 5.45. The Morgan fingerprint density at radius 2 is 1.76 bits per heavy atom. The summed E-state index contributed by atoms with van der Waals surface area (Å²) in [6, 6.07) is -4.27. The molecule has 1 aliphatic heterocycles. The molecule has 10 nitrogen and oxygen atoms in total. The smallest absolute Gasteiger partial charge is 0.320 e. The molecule has 0 bridgehead atoms. The Kier molecular flexibility index (Phi) is 12.5. The van der Waals surface area contributed by atoms with Crippen molar-refractivity contribution >= 4 is 23.6 Å². The van der Waals surface area contributed by atoms with Gasteiger partial charge in [0.05, 0.1) is 24.7 Å². The molecule has 0 aromatic heterocycles. The van der Waals surface area contributed by atoms with Gasteiger partial charge in [0.2, 0.25) is 11.8 Å². The van der Waals surface area contributed by atoms with Gasteiger partial charge in [-0.05, 0) is 51.6 Å². The molecule has 2 aliphatic rings. The summed E-state index contributed by atoms with van der Waals surface area (Å²) in [7, 11) is 0. The van der Waals surface area contributed by atoms with Crippen molar-refractivity contribution in [3.8, 4) is 0 Å². The van der Waals surface area contributed by atoms with E-state index in [9.17, 15) is 37.5 Å². The van der Waals surface area contributed by atoms with Crippen LogP contribution >= 0.6 is 0 Å². The Bertz CT molecular complexity index is 1130. The second-order valence-corrected chi connectivity index (χ2v) is 11.0. The normalized spacial score (nSPS) is 20.1. The highest BCUT2D eigenvalue weighted by Crippen LogP contribution is 2.35. The summed E-state index contributed by atoms with van der Waals surface area (Å²) in [4.78, 5) is 52.3. The van der Waals surface area contributed by atoms with Crippen LogP contribution in [-0.2, 0) is 23.9 Å². The minimum absolute atomic E-state index is 0.0407. The first kappa shape index (κ1) is 33.6. The monoisotopic (exact) mass is 598 g/mol. The highest BCUT2D eigenvalue weighted by Gasteiger charge is 2.41. The number of amides is 2. The predicted octanol–water partition coefficient (Wildman–Crippen LogP) is 2.59. The van der Waals surface area contributed by atoms with E-state index in [0.717, 1.165) is 19.3 Å². The van der Waals surface area contributed by atoms with Gasteiger partial charge in [0.25, 0.3) is 0 Å². The summed E-state index contributed by atoms with van der Waals surface area (Å²) < 4.78 is 48.2. The number of nitrogens with zero attached hydrogens (tertiary/aromatic N) is 1. The van der Waals surface area contributed by atoms with Crippen molar-refractivity contribution in [3.63, 3.8) is 0 Å². The molecule has 13 heteroatoms. The molecule has 1 aromatic rings. The maximum Gasteiger partial charge on any atom is 0.320 e. The molecule has 1 saturated carbocycles. The number of nitrogens with two attached hydrogens (primary N) is 1. The lowest BCUT2D eigenvalue weighted by atomic mass is 9.94. The summed E-state index contributed by atoms with van der Waals surface area (Å²) in [6.07, 6.45) is 3.43. The number of Topliss-reactive ketones (excluding diaryl/α,β-unsaturated/α-hetero) is 1. The zero-order valence-corrected chi connectivity index (χ0v) is 24.0. The zero-order valence-electron chi connectivity index (χ0n) is 24.0. The molecule has 1 saturated heterocycles. The third-order valence-electron chi connectivity index (χ3n) is 7.76. The van der Waals surface area contributed by atoms with Crippen LogP contribution in [0.15, 0.2) is 12.1 Å². The molecule has 1 aromatic carbocycles. The van der Waals surface area contributed by atoms with Crippen LogP contribution in [-0.4, -0.2) is 77.5 Å². The van der Waals surface area contributed by atoms with E-state index in [1.807, 2.05) is 6.92 Å². The number of carboxylic acids is 1. The van der Waals surface area contributed by atoms with Crippen LogP contribution in [0.1, 0.15) is 76.8 Å². The van der Waals surface area contributed by atoms with Gasteiger partial charge in [-0.15, -0.1) is 0 Å². The molecule has 1 heterocycles. The summed E-state index contributed by atoms with van der Waals surface area (Å²) in [5, 5.41) is 15.1. The highest BCUT2D eigenvalue weighted by atomic mass is 19.2. The van der Waals surface area contributed by atoms with Gasteiger partial charge in [-0.1, -0.05) is 19.8 Å². The predicted molar refractivity (Wildman–Crippen MR) is 147 cm³/mol. The molecule has 0 radical (unpaired) electrons. The Hall–Kier alpha value is -2.87. The number of hydrogen-bond acceptors (Lipinski definition) is 8. The Balaban J connectivity index is 1.77. The number of unbranched alkanes of at least 4 members (excludes halogenated alkanes) is 1. The first-order valence-electron chi connectivity index (χ1n) is 14.6. The summed E-state index contributed by atoms with van der Waals surface area (Å²) >= 11 is 0. The van der Waals surface area contributed by atoms with Crippen LogP contribution in [0.25, 0.3) is 0 Å². The average molecular weight is 599 g/mol. The van der Waals surface area contributed by atoms with Crippen molar-refractivity contribution in [1.82, 2.24) is 15.5 Å². The number of halogens is 3. The molecule has 5 atom stereocenters. The van der Waals surface area contributed by atoms with Crippen molar-refractivity contribution in [2.24, 2.45) is 11.7 Å². The van der Waals surface area contributed by atoms with Gasteiger partial charge in [-0.2, -0.15) is 0 Å². The van der Waals surface area contributed by atoms with E-state index in [4.69, 9.17) is 10.5 Å². The minimum atomic E-state index is -1.42. The van der Waals surface area contributed by atoms with E-state index in [2.05, 4.69) is 10.6 Å². The quantitative estimate of drug-likeness (QED) is 0.198. The number of ketones is 1. The van der Waals surface area contributed by atoms with Crippen molar-refractivity contribution in [1.29, 1.82) is 0 Å². The third kappa shape index (κ3) is 8.82. The van der Waals surface area contributed by atoms with Crippen molar-refractivity contribution in [2.75, 3.05) is 19.8 Å². The molecule has 42 heavy (non-hydrogen) atoms. The summed E-state index contributed by atoms with van der Waals surface area (Å²) in [6.45, 7) is 4.38. The maximum atomic E-state index is 14.9. The SMILES string of the molecule is CCCC[C@H](NC(COCC)C(=O)C1CC1)C(=O)NC(=O)C[C@@H](N)[C@H](c1cc(F)c(F)cc1F)N1CCC[C@H]1C(=O)O. The van der Waals surface area contributed by atoms with E-state index in [-0.39, 0.29) is 36.8 Å². The van der Waals surface area contributed by atoms with Gasteiger partial charge in [-0.25, -0.2) is 13.2 Å². The average Bonchev–Trinajstić information content (AvgIpc) is 3.67. The summed E-state index contributed by atoms with van der Waals surface area (Å²) in [5.74, 6) is -6.70. The molecule has 234 valence electrons. The van der Waals surface area contributed by atoms with Crippen molar-refractivity contribution < 1.29 is 42.2 Å². The first-order valence-corrected chi connectivity index (χ1v) is 14.6. The van der Waals surface area contributed by atoms with E-state index < -0.39 is 71.9 Å². The number of ether oxygens (including phenoxy) is 1. The van der Waals surface area contributed by atoms with Crippen LogP contribution < -0.4 is 16.4 Å². The molecule has 0 spiro atoms. The lowest BCUT2D eigenvalue weighted by molar-refractivity contribution is -0.143. The number of benzene rings is 1. The van der Waals surface area contributed by atoms with E-state index in [1.54, 1.807) is 6.92 Å². The minimum Gasteiger partial charge on any atom is -0.480 e. The van der Waals surface area contributed by atoms with E-state index in [1.165, 1.54) is 4.90 Å². The summed E-state index contributed by atoms with van der Waals surface area (Å²) in [5.41, 5.74) is 5.95. The number of carboxylic acid groups (broad SMARTS) is 1. The molecule has 1 aliphatic carbocycles. The van der Waals surface area contributed by atoms with Crippen LogP contribution in [0.4, 0.5) is 13.2 Å². The van der Waals surface area contributed by atoms with Gasteiger partial charge in [0, 0.05) is 36.6 Å². The van der Waals surface area contributed by atoms with Gasteiger partial charge >= 0.3 is 5.97 Å². The fraction of sp³-hybridized carbons (Fsp3) is 0.655. The van der Waals surface area contributed by atoms with Gasteiger partial charge in [0.15, 0.2) is 17.4 Å². The molecular formula is C29H41F3N4O6. The van der Waals surface area contributed by atoms with Gasteiger partial charge in [0.1, 0.15) is 11.9 Å². The third-order valence-corrected chi connectivity index (χ3v) is 7.76. The van der Waals surface area contributed by atoms with E-state index >= 15 is 0 Å². The number of rotatable bonds is 17. The van der Waals surface area contributed by atoms with Crippen LogP contribution in [0.5, 0.6) is 0 Å². The van der Waals surface area contributed by atoms with Crippen LogP contribution in [0.3, 0.4) is 0 Å². The number of aliphatic carboxylic acids is 1. The number of hydrogen-bond donors (Lipinski definition) is 4. The molecule has 3 rings (SSSR count). The molecular weight excluding hydrogens is 557 g/mol. The lowest BCUT2D eigenvalue weighted by Crippen LogP contribution is -2.54. The van der Waals surface area contributed by atoms with Crippen molar-refractivity contribution in [2.45, 2.75) is 95.4 Å². The number of carbonyl (C=O) groups is 4. The van der Waals surface area contributed by atoms with Crippen LogP contribution in [0.2, 0.25) is 0 Å². The van der Waals surface area contributed by atoms with Crippen molar-refractivity contribution in [3.05, 3.63) is 35.1 Å². The second-order valence-electron chi connectivity index (χ2n) is 11.0. The number of imide groups is 1. The van der Waals surface area contributed by atoms with Gasteiger partial charge in [-0.3, -0.25) is 34.7 Å².